The molecule has 0 fully saturated rings. The van der Waals surface area contributed by atoms with E-state index in [4.69, 9.17) is 0 Å². The van der Waals surface area contributed by atoms with Crippen molar-refractivity contribution < 1.29 is 22.6 Å². The van der Waals surface area contributed by atoms with Crippen molar-refractivity contribution in [1.82, 2.24) is 0 Å². The number of thiophene rings is 1. The van der Waals surface area contributed by atoms with Crippen molar-refractivity contribution in [3.05, 3.63) is 46.0 Å². The van der Waals surface area contributed by atoms with Crippen LogP contribution in [0.15, 0.2) is 42.5 Å². The van der Waals surface area contributed by atoms with Gasteiger partial charge in [0.2, 0.25) is 3.57 Å². The van der Waals surface area contributed by atoms with Gasteiger partial charge in [-0.2, -0.15) is 0 Å². The fourth-order valence-corrected chi connectivity index (χ4v) is 3.73. The Hall–Kier alpha value is -0.610. The molecule has 1 aromatic heterocycles. The van der Waals surface area contributed by atoms with E-state index in [1.165, 1.54) is 23.7 Å². The van der Waals surface area contributed by atoms with Gasteiger partial charge in [-0.25, -0.2) is 0 Å². The Labute approximate surface area is 99.7 Å². The Morgan fingerprint density at radius 2 is 1.64 bits per heavy atom. The average molecular weight is 311 g/mol. The van der Waals surface area contributed by atoms with Crippen molar-refractivity contribution in [1.29, 1.82) is 0 Å². The van der Waals surface area contributed by atoms with E-state index in [1.54, 1.807) is 0 Å². The summed E-state index contributed by atoms with van der Waals surface area (Å²) in [5.41, 5.74) is 0. The van der Waals surface area contributed by atoms with E-state index in [0.717, 1.165) is 0 Å². The van der Waals surface area contributed by atoms with Crippen LogP contribution in [-0.4, -0.2) is 0 Å². The first kappa shape index (κ1) is 8.68. The summed E-state index contributed by atoms with van der Waals surface area (Å²) in [5, 5.41) is 2.78. The third kappa shape index (κ3) is 1.17. The molecule has 0 radical (unpaired) electrons. The molecule has 2 aromatic carbocycles. The molecule has 0 bridgehead atoms. The van der Waals surface area contributed by atoms with Gasteiger partial charge in [0.25, 0.3) is 22.6 Å². The van der Waals surface area contributed by atoms with Crippen LogP contribution in [0.25, 0.3) is 20.2 Å². The Kier molecular flexibility index (Phi) is 1.99. The van der Waals surface area contributed by atoms with Crippen LogP contribution >= 0.6 is 11.3 Å². The van der Waals surface area contributed by atoms with Gasteiger partial charge < -0.3 is 0 Å². The number of hydrogen-bond donors (Lipinski definition) is 0. The SMILES string of the molecule is [IH+]c1cccc2c1sc1ccccc12. The van der Waals surface area contributed by atoms with E-state index < -0.39 is 0 Å². The summed E-state index contributed by atoms with van der Waals surface area (Å²) in [6.45, 7) is 0. The summed E-state index contributed by atoms with van der Waals surface area (Å²) in [7, 11) is 0. The van der Waals surface area contributed by atoms with Crippen molar-refractivity contribution in [2.75, 3.05) is 0 Å². The maximum absolute atomic E-state index is 2.21. The molecule has 3 rings (SSSR count). The van der Waals surface area contributed by atoms with Gasteiger partial charge in [0.15, 0.2) is 0 Å². The maximum atomic E-state index is 2.21. The fraction of sp³-hybridized carbons (Fsp3) is 0. The normalized spacial score (nSPS) is 11.2. The van der Waals surface area contributed by atoms with Gasteiger partial charge in [-0.05, 0) is 12.1 Å². The molecule has 0 saturated heterocycles. The number of hydrogen-bond acceptors (Lipinski definition) is 1. The molecule has 0 unspecified atom stereocenters. The molecule has 3 aromatic rings. The lowest BCUT2D eigenvalue weighted by molar-refractivity contribution is -0.324. The number of fused-ring (bicyclic) bond motifs is 3. The van der Waals surface area contributed by atoms with Crippen LogP contribution in [0.4, 0.5) is 0 Å². The van der Waals surface area contributed by atoms with Crippen molar-refractivity contribution in [3.8, 4) is 0 Å². The zero-order chi connectivity index (χ0) is 9.54. The standard InChI is InChI=1S/C12H8IS/c13-10-6-3-5-9-8-4-1-2-7-11(8)14-12(9)10/h1-7,13H/q+1. The third-order valence-electron chi connectivity index (χ3n) is 2.37. The summed E-state index contributed by atoms with van der Waals surface area (Å²) in [4.78, 5) is 0. The smallest absolute Gasteiger partial charge is 0.130 e. The van der Waals surface area contributed by atoms with Gasteiger partial charge in [-0.3, -0.25) is 0 Å². The minimum absolute atomic E-state index is 1.39. The van der Waals surface area contributed by atoms with Crippen LogP contribution in [0.5, 0.6) is 0 Å². The molecule has 0 aliphatic rings. The predicted molar refractivity (Wildman–Crippen MR) is 59.4 cm³/mol. The summed E-state index contributed by atoms with van der Waals surface area (Å²) < 4.78 is 4.21. The molecule has 14 heavy (non-hydrogen) atoms. The fourth-order valence-electron chi connectivity index (χ4n) is 1.72. The van der Waals surface area contributed by atoms with Gasteiger partial charge in [0, 0.05) is 15.5 Å². The molecule has 0 N–H and O–H groups in total. The summed E-state index contributed by atoms with van der Waals surface area (Å²) in [5.74, 6) is 0. The van der Waals surface area contributed by atoms with Crippen LogP contribution < -0.4 is 22.6 Å². The van der Waals surface area contributed by atoms with E-state index in [0.29, 0.717) is 0 Å². The van der Waals surface area contributed by atoms with E-state index in [2.05, 4.69) is 65.1 Å². The Morgan fingerprint density at radius 1 is 0.857 bits per heavy atom. The summed E-state index contributed by atoms with van der Waals surface area (Å²) in [6, 6.07) is 15.1. The molecule has 0 saturated carbocycles. The summed E-state index contributed by atoms with van der Waals surface area (Å²) >= 11 is 3.99. The first-order valence-electron chi connectivity index (χ1n) is 4.43. The highest BCUT2D eigenvalue weighted by Crippen LogP contribution is 2.32. The lowest BCUT2D eigenvalue weighted by Gasteiger charge is -1.88. The lowest BCUT2D eigenvalue weighted by atomic mass is 10.2. The Morgan fingerprint density at radius 3 is 2.57 bits per heavy atom. The molecule has 1 heterocycles. The molecular weight excluding hydrogens is 303 g/mol. The largest absolute Gasteiger partial charge is 0.298 e. The second-order valence-electron chi connectivity index (χ2n) is 3.23. The molecule has 0 nitrogen and oxygen atoms in total. The van der Waals surface area contributed by atoms with Crippen LogP contribution in [0.1, 0.15) is 0 Å². The highest BCUT2D eigenvalue weighted by atomic mass is 127. The zero-order valence-corrected chi connectivity index (χ0v) is 10.5. The van der Waals surface area contributed by atoms with E-state index >= 15 is 0 Å². The third-order valence-corrected chi connectivity index (χ3v) is 4.96. The van der Waals surface area contributed by atoms with E-state index in [9.17, 15) is 0 Å². The van der Waals surface area contributed by atoms with Crippen LogP contribution in [0.3, 0.4) is 0 Å². The van der Waals surface area contributed by atoms with Crippen LogP contribution in [0.2, 0.25) is 0 Å². The zero-order valence-electron chi connectivity index (χ0n) is 7.36. The number of halogens is 1. The minimum atomic E-state index is 1.39. The van der Waals surface area contributed by atoms with Crippen molar-refractivity contribution in [2.45, 2.75) is 0 Å². The maximum Gasteiger partial charge on any atom is 0.298 e. The Bertz CT molecular complexity index is 610. The molecule has 0 aliphatic heterocycles. The topological polar surface area (TPSA) is 0 Å². The molecular formula is C12H8IS+. The lowest BCUT2D eigenvalue weighted by Crippen LogP contribution is -3.34. The van der Waals surface area contributed by atoms with E-state index in [1.807, 2.05) is 11.3 Å². The van der Waals surface area contributed by atoms with Gasteiger partial charge in [-0.15, -0.1) is 11.3 Å². The number of benzene rings is 2. The molecule has 0 aliphatic carbocycles. The van der Waals surface area contributed by atoms with Crippen LogP contribution in [-0.2, 0) is 0 Å². The van der Waals surface area contributed by atoms with Crippen molar-refractivity contribution in [2.24, 2.45) is 0 Å². The second kappa shape index (κ2) is 3.21. The first-order chi connectivity index (χ1) is 6.86. The quantitative estimate of drug-likeness (QED) is 0.531. The second-order valence-corrected chi connectivity index (χ2v) is 5.54. The highest BCUT2D eigenvalue weighted by Gasteiger charge is 2.09. The first-order valence-corrected chi connectivity index (χ1v) is 6.42. The Balaban J connectivity index is 2.63. The molecule has 0 atom stereocenters. The highest BCUT2D eigenvalue weighted by molar-refractivity contribution is 7.25. The van der Waals surface area contributed by atoms with Gasteiger partial charge >= 0.3 is 0 Å². The van der Waals surface area contributed by atoms with Gasteiger partial charge in [0.05, 0.1) is 4.70 Å². The monoisotopic (exact) mass is 311 g/mol. The molecule has 0 amide bonds. The predicted octanol–water partition coefficient (Wildman–Crippen LogP) is 0.510. The van der Waals surface area contributed by atoms with Crippen molar-refractivity contribution >= 4 is 31.5 Å². The molecule has 2 heteroatoms. The van der Waals surface area contributed by atoms with Gasteiger partial charge in [-0.1, -0.05) is 30.3 Å². The molecule has 0 spiro atoms. The molecule has 68 valence electrons. The van der Waals surface area contributed by atoms with Crippen LogP contribution in [0, 0.1) is 3.57 Å². The average Bonchev–Trinajstić information content (AvgIpc) is 2.59. The number of rotatable bonds is 0. The summed E-state index contributed by atoms with van der Waals surface area (Å²) in [6.07, 6.45) is 0. The van der Waals surface area contributed by atoms with Crippen molar-refractivity contribution in [3.63, 3.8) is 0 Å². The minimum Gasteiger partial charge on any atom is -0.130 e. The van der Waals surface area contributed by atoms with Gasteiger partial charge in [0.1, 0.15) is 0 Å². The van der Waals surface area contributed by atoms with E-state index in [-0.39, 0.29) is 0 Å².